The van der Waals surface area contributed by atoms with Crippen molar-refractivity contribution in [3.8, 4) is 0 Å². The third kappa shape index (κ3) is 37.5. The molecule has 296 valence electrons. The van der Waals surface area contributed by atoms with Gasteiger partial charge in [0.15, 0.2) is 6.10 Å². The number of unbranched alkanes of at least 4 members (excludes halogenated alkanes) is 16. The number of esters is 2. The maximum Gasteiger partial charge on any atom is 0.306 e. The molecule has 9 nitrogen and oxygen atoms in total. The van der Waals surface area contributed by atoms with Gasteiger partial charge in [0.05, 0.1) is 13.2 Å². The van der Waals surface area contributed by atoms with Crippen LogP contribution in [-0.4, -0.2) is 44.4 Å². The number of quaternary nitrogens is 1. The van der Waals surface area contributed by atoms with Crippen LogP contribution in [0.25, 0.3) is 0 Å². The average molecular weight is 740 g/mol. The summed E-state index contributed by atoms with van der Waals surface area (Å²) in [4.78, 5) is 36.9. The molecule has 0 saturated carbocycles. The molecule has 51 heavy (non-hydrogen) atoms. The first-order valence-corrected chi connectivity index (χ1v) is 21.6. The van der Waals surface area contributed by atoms with Gasteiger partial charge in [-0.05, 0) is 77.0 Å². The van der Waals surface area contributed by atoms with E-state index in [9.17, 15) is 19.0 Å². The molecule has 0 aromatic heterocycles. The van der Waals surface area contributed by atoms with Gasteiger partial charge in [0.2, 0.25) is 0 Å². The van der Waals surface area contributed by atoms with E-state index in [4.69, 9.17) is 18.5 Å². The average Bonchev–Trinajstić information content (AvgIpc) is 3.11. The van der Waals surface area contributed by atoms with E-state index < -0.39 is 32.5 Å². The van der Waals surface area contributed by atoms with Crippen molar-refractivity contribution in [2.45, 2.75) is 174 Å². The van der Waals surface area contributed by atoms with Crippen molar-refractivity contribution in [2.75, 3.05) is 26.4 Å². The van der Waals surface area contributed by atoms with Crippen molar-refractivity contribution in [1.29, 1.82) is 0 Å². The van der Waals surface area contributed by atoms with Crippen LogP contribution in [0.5, 0.6) is 0 Å². The van der Waals surface area contributed by atoms with Crippen molar-refractivity contribution in [3.63, 3.8) is 0 Å². The predicted molar refractivity (Wildman–Crippen MR) is 207 cm³/mol. The van der Waals surface area contributed by atoms with Crippen molar-refractivity contribution in [3.05, 3.63) is 48.6 Å². The Kier molecular flexibility index (Phi) is 36.2. The Morgan fingerprint density at radius 1 is 0.588 bits per heavy atom. The normalized spacial score (nSPS) is 13.9. The fourth-order valence-corrected chi connectivity index (χ4v) is 5.94. The largest absolute Gasteiger partial charge is 0.756 e. The van der Waals surface area contributed by atoms with Gasteiger partial charge in [0.1, 0.15) is 13.2 Å². The van der Waals surface area contributed by atoms with Gasteiger partial charge in [-0.15, -0.1) is 0 Å². The van der Waals surface area contributed by atoms with Crippen LogP contribution in [0.4, 0.5) is 0 Å². The summed E-state index contributed by atoms with van der Waals surface area (Å²) >= 11 is 0. The molecule has 0 spiro atoms. The molecule has 0 heterocycles. The first-order chi connectivity index (χ1) is 24.8. The molecular formula is C41H74NO8P. The Balaban J connectivity index is 4.26. The molecule has 1 unspecified atom stereocenters. The van der Waals surface area contributed by atoms with Crippen LogP contribution in [0.15, 0.2) is 48.6 Å². The zero-order chi connectivity index (χ0) is 37.5. The van der Waals surface area contributed by atoms with E-state index in [1.54, 1.807) is 0 Å². The molecule has 0 aromatic carbocycles. The van der Waals surface area contributed by atoms with Crippen LogP contribution in [0.1, 0.15) is 168 Å². The van der Waals surface area contributed by atoms with Crippen molar-refractivity contribution in [2.24, 2.45) is 0 Å². The first-order valence-electron chi connectivity index (χ1n) is 20.2. The number of ether oxygens (including phenoxy) is 2. The van der Waals surface area contributed by atoms with Crippen LogP contribution in [0.2, 0.25) is 0 Å². The highest BCUT2D eigenvalue weighted by Crippen LogP contribution is 2.38. The molecule has 0 saturated heterocycles. The molecule has 2 atom stereocenters. The van der Waals surface area contributed by atoms with E-state index in [1.165, 1.54) is 51.4 Å². The van der Waals surface area contributed by atoms with Crippen LogP contribution < -0.4 is 10.6 Å². The molecule has 0 bridgehead atoms. The molecule has 0 radical (unpaired) electrons. The number of carbonyl (C=O) groups excluding carboxylic acids is 2. The zero-order valence-electron chi connectivity index (χ0n) is 32.4. The molecule has 0 aliphatic carbocycles. The van der Waals surface area contributed by atoms with Crippen molar-refractivity contribution in [1.82, 2.24) is 0 Å². The molecule has 3 N–H and O–H groups in total. The molecular weight excluding hydrogens is 665 g/mol. The second-order valence-electron chi connectivity index (χ2n) is 13.2. The van der Waals surface area contributed by atoms with E-state index in [0.29, 0.717) is 12.8 Å². The Hall–Kier alpha value is -2.03. The van der Waals surface area contributed by atoms with Crippen molar-refractivity contribution < 1.29 is 43.3 Å². The Morgan fingerprint density at radius 3 is 1.49 bits per heavy atom. The third-order valence-electron chi connectivity index (χ3n) is 8.20. The molecule has 0 aliphatic rings. The summed E-state index contributed by atoms with van der Waals surface area (Å²) in [5.41, 5.74) is 3.54. The van der Waals surface area contributed by atoms with E-state index in [0.717, 1.165) is 77.0 Å². The number of phosphoric acid groups is 1. The van der Waals surface area contributed by atoms with Crippen LogP contribution in [0.3, 0.4) is 0 Å². The highest BCUT2D eigenvalue weighted by atomic mass is 31.2. The van der Waals surface area contributed by atoms with Gasteiger partial charge >= 0.3 is 11.9 Å². The summed E-state index contributed by atoms with van der Waals surface area (Å²) < 4.78 is 32.4. The monoisotopic (exact) mass is 740 g/mol. The molecule has 0 aliphatic heterocycles. The predicted octanol–water partition coefficient (Wildman–Crippen LogP) is 9.81. The van der Waals surface area contributed by atoms with Crippen molar-refractivity contribution >= 4 is 19.8 Å². The summed E-state index contributed by atoms with van der Waals surface area (Å²) in [6, 6.07) is 0. The Labute approximate surface area is 311 Å². The van der Waals surface area contributed by atoms with Gasteiger partial charge in [-0.25, -0.2) is 0 Å². The number of phosphoric ester groups is 1. The number of rotatable bonds is 37. The van der Waals surface area contributed by atoms with Crippen LogP contribution in [-0.2, 0) is 32.7 Å². The quantitative estimate of drug-likeness (QED) is 0.0288. The number of hydrogen-bond acceptors (Lipinski definition) is 8. The van der Waals surface area contributed by atoms with Gasteiger partial charge in [-0.1, -0.05) is 127 Å². The highest BCUT2D eigenvalue weighted by Gasteiger charge is 2.21. The van der Waals surface area contributed by atoms with E-state index >= 15 is 0 Å². The zero-order valence-corrected chi connectivity index (χ0v) is 33.3. The maximum absolute atomic E-state index is 12.5. The summed E-state index contributed by atoms with van der Waals surface area (Å²) in [7, 11) is -4.59. The lowest BCUT2D eigenvalue weighted by atomic mass is 10.1. The lowest BCUT2D eigenvalue weighted by Gasteiger charge is -2.25. The van der Waals surface area contributed by atoms with Gasteiger partial charge in [-0.2, -0.15) is 0 Å². The standard InChI is InChI=1S/C41H74NO8P/c1-3-5-7-9-11-13-15-17-19-21-23-25-27-29-31-33-40(43)47-37-39(38-49-51(45,46)48-36-35-42)50-41(44)34-32-30-28-26-24-22-20-18-16-14-12-10-8-6-4-2/h11-14,17-20,39H,3-10,15-16,21-38,42H2,1-2H3,(H,45,46)/b13-11-,14-12-,19-17-,20-18-/t39-/m1/s1. The van der Waals surface area contributed by atoms with E-state index in [-0.39, 0.29) is 32.6 Å². The van der Waals surface area contributed by atoms with Crippen LogP contribution >= 0.6 is 7.82 Å². The fourth-order valence-electron chi connectivity index (χ4n) is 5.17. The summed E-state index contributed by atoms with van der Waals surface area (Å²) in [6.07, 6.45) is 41.2. The second kappa shape index (κ2) is 37.7. The van der Waals surface area contributed by atoms with E-state index in [1.807, 2.05) is 0 Å². The minimum absolute atomic E-state index is 0.111. The third-order valence-corrected chi connectivity index (χ3v) is 9.17. The van der Waals surface area contributed by atoms with Gasteiger partial charge in [0.25, 0.3) is 7.82 Å². The Bertz CT molecular complexity index is 981. The summed E-state index contributed by atoms with van der Waals surface area (Å²) in [5.74, 6) is -0.882. The fraction of sp³-hybridized carbons (Fsp3) is 0.756. The maximum atomic E-state index is 12.5. The first kappa shape index (κ1) is 49.0. The van der Waals surface area contributed by atoms with E-state index in [2.05, 4.69) is 68.2 Å². The highest BCUT2D eigenvalue weighted by molar-refractivity contribution is 7.45. The van der Waals surface area contributed by atoms with Gasteiger partial charge in [-0.3, -0.25) is 14.2 Å². The minimum atomic E-state index is -4.59. The topological polar surface area (TPSA) is 139 Å². The SMILES string of the molecule is CCCCC/C=C\C/C=C\CCCCCCCC(=O)OC[C@H](COP(=O)([O-])OCC[NH3+])OC(=O)CCCCCCC/C=C\C/C=C\CCCCC. The van der Waals surface area contributed by atoms with Gasteiger partial charge in [0, 0.05) is 12.8 Å². The molecule has 0 amide bonds. The molecule has 0 rings (SSSR count). The minimum Gasteiger partial charge on any atom is -0.756 e. The molecule has 0 aromatic rings. The Morgan fingerprint density at radius 2 is 1.02 bits per heavy atom. The summed E-state index contributed by atoms with van der Waals surface area (Å²) in [6.45, 7) is 3.83. The number of carbonyl (C=O) groups is 2. The van der Waals surface area contributed by atoms with Crippen LogP contribution in [0, 0.1) is 0 Å². The molecule has 0 fully saturated rings. The lowest BCUT2D eigenvalue weighted by molar-refractivity contribution is -0.373. The summed E-state index contributed by atoms with van der Waals surface area (Å²) in [5, 5.41) is 0. The smallest absolute Gasteiger partial charge is 0.306 e. The second-order valence-corrected chi connectivity index (χ2v) is 14.6. The number of hydrogen-bond donors (Lipinski definition) is 1. The number of allylic oxidation sites excluding steroid dienone is 8. The van der Waals surface area contributed by atoms with Gasteiger partial charge < -0.3 is 29.1 Å². The lowest BCUT2D eigenvalue weighted by Crippen LogP contribution is -2.52. The molecule has 10 heteroatoms.